The second-order valence-corrected chi connectivity index (χ2v) is 7.01. The molecule has 1 saturated heterocycles. The van der Waals surface area contributed by atoms with Gasteiger partial charge in [0.25, 0.3) is 0 Å². The van der Waals surface area contributed by atoms with Crippen LogP contribution < -0.4 is 10.5 Å². The van der Waals surface area contributed by atoms with Gasteiger partial charge in [-0.25, -0.2) is 8.42 Å². The Labute approximate surface area is 120 Å². The lowest BCUT2D eigenvalue weighted by atomic mass is 10.1. The fourth-order valence-corrected chi connectivity index (χ4v) is 4.58. The molecule has 20 heavy (non-hydrogen) atoms. The SMILES string of the molecule is COc1ccc(C)cc1S(=O)(=O)N1CCCCC1CN. The van der Waals surface area contributed by atoms with Gasteiger partial charge in [-0.3, -0.25) is 0 Å². The third kappa shape index (κ3) is 2.82. The van der Waals surface area contributed by atoms with Crippen molar-refractivity contribution in [3.05, 3.63) is 23.8 Å². The van der Waals surface area contributed by atoms with Gasteiger partial charge in [-0.2, -0.15) is 4.31 Å². The zero-order chi connectivity index (χ0) is 14.8. The van der Waals surface area contributed by atoms with Gasteiger partial charge in [-0.05, 0) is 37.5 Å². The zero-order valence-corrected chi connectivity index (χ0v) is 12.8. The topological polar surface area (TPSA) is 72.6 Å². The first-order valence-electron chi connectivity index (χ1n) is 6.87. The van der Waals surface area contributed by atoms with Gasteiger partial charge in [0.05, 0.1) is 7.11 Å². The number of nitrogens with two attached hydrogens (primary N) is 1. The van der Waals surface area contributed by atoms with Crippen LogP contribution in [0.5, 0.6) is 5.75 Å². The minimum atomic E-state index is -3.56. The molecule has 1 atom stereocenters. The van der Waals surface area contributed by atoms with Crippen molar-refractivity contribution in [2.45, 2.75) is 37.1 Å². The Balaban J connectivity index is 2.46. The molecule has 112 valence electrons. The predicted molar refractivity (Wildman–Crippen MR) is 78.3 cm³/mol. The highest BCUT2D eigenvalue weighted by Crippen LogP contribution is 2.31. The number of nitrogens with zero attached hydrogens (tertiary/aromatic N) is 1. The van der Waals surface area contributed by atoms with Crippen molar-refractivity contribution in [2.24, 2.45) is 5.73 Å². The highest BCUT2D eigenvalue weighted by Gasteiger charge is 2.34. The molecule has 0 amide bonds. The molecule has 1 aromatic rings. The molecule has 1 unspecified atom stereocenters. The molecule has 5 nitrogen and oxygen atoms in total. The maximum atomic E-state index is 12.9. The summed E-state index contributed by atoms with van der Waals surface area (Å²) in [5, 5.41) is 0. The van der Waals surface area contributed by atoms with Crippen molar-refractivity contribution in [3.63, 3.8) is 0 Å². The third-order valence-electron chi connectivity index (χ3n) is 3.75. The number of ether oxygens (including phenoxy) is 1. The molecule has 0 bridgehead atoms. The number of benzene rings is 1. The van der Waals surface area contributed by atoms with Crippen molar-refractivity contribution in [1.29, 1.82) is 0 Å². The lowest BCUT2D eigenvalue weighted by Crippen LogP contribution is -2.47. The molecule has 1 aliphatic heterocycles. The van der Waals surface area contributed by atoms with Crippen LogP contribution in [0.1, 0.15) is 24.8 Å². The second-order valence-electron chi connectivity index (χ2n) is 5.16. The highest BCUT2D eigenvalue weighted by atomic mass is 32.2. The average Bonchev–Trinajstić information content (AvgIpc) is 2.47. The third-order valence-corrected chi connectivity index (χ3v) is 5.72. The molecular formula is C14H22N2O3S. The van der Waals surface area contributed by atoms with Gasteiger partial charge in [0, 0.05) is 19.1 Å². The number of sulfonamides is 1. The number of aryl methyl sites for hydroxylation is 1. The van der Waals surface area contributed by atoms with Gasteiger partial charge < -0.3 is 10.5 Å². The van der Waals surface area contributed by atoms with Crippen LogP contribution in [0.2, 0.25) is 0 Å². The normalized spacial score (nSPS) is 20.9. The van der Waals surface area contributed by atoms with E-state index >= 15 is 0 Å². The van der Waals surface area contributed by atoms with E-state index < -0.39 is 10.0 Å². The first kappa shape index (κ1) is 15.3. The lowest BCUT2D eigenvalue weighted by Gasteiger charge is -2.34. The molecule has 1 fully saturated rings. The van der Waals surface area contributed by atoms with E-state index in [0.717, 1.165) is 24.8 Å². The number of hydrogen-bond donors (Lipinski definition) is 1. The van der Waals surface area contributed by atoms with Gasteiger partial charge in [0.15, 0.2) is 0 Å². The summed E-state index contributed by atoms with van der Waals surface area (Å²) in [6.07, 6.45) is 2.73. The summed E-state index contributed by atoms with van der Waals surface area (Å²) in [6.45, 7) is 2.75. The molecular weight excluding hydrogens is 276 g/mol. The summed E-state index contributed by atoms with van der Waals surface area (Å²) in [5.41, 5.74) is 6.63. The molecule has 0 aliphatic carbocycles. The monoisotopic (exact) mass is 298 g/mol. The van der Waals surface area contributed by atoms with Gasteiger partial charge in [0.1, 0.15) is 10.6 Å². The number of piperidine rings is 1. The van der Waals surface area contributed by atoms with E-state index in [0.29, 0.717) is 18.8 Å². The van der Waals surface area contributed by atoms with E-state index in [1.165, 1.54) is 11.4 Å². The Morgan fingerprint density at radius 2 is 2.15 bits per heavy atom. The van der Waals surface area contributed by atoms with Crippen LogP contribution in [0.15, 0.2) is 23.1 Å². The summed E-state index contributed by atoms with van der Waals surface area (Å²) in [6, 6.07) is 5.09. The summed E-state index contributed by atoms with van der Waals surface area (Å²) >= 11 is 0. The fraction of sp³-hybridized carbons (Fsp3) is 0.571. The number of methoxy groups -OCH3 is 1. The molecule has 2 rings (SSSR count). The lowest BCUT2D eigenvalue weighted by molar-refractivity contribution is 0.256. The maximum Gasteiger partial charge on any atom is 0.247 e. The van der Waals surface area contributed by atoms with E-state index in [1.807, 2.05) is 13.0 Å². The minimum absolute atomic E-state index is 0.112. The van der Waals surface area contributed by atoms with Gasteiger partial charge in [-0.1, -0.05) is 12.5 Å². The first-order chi connectivity index (χ1) is 9.50. The molecule has 0 saturated carbocycles. The first-order valence-corrected chi connectivity index (χ1v) is 8.31. The average molecular weight is 298 g/mol. The van der Waals surface area contributed by atoms with Crippen LogP contribution in [0, 0.1) is 6.92 Å². The largest absolute Gasteiger partial charge is 0.495 e. The molecule has 6 heteroatoms. The van der Waals surface area contributed by atoms with Gasteiger partial charge in [-0.15, -0.1) is 0 Å². The van der Waals surface area contributed by atoms with Crippen LogP contribution in [0.3, 0.4) is 0 Å². The van der Waals surface area contributed by atoms with Crippen molar-refractivity contribution in [2.75, 3.05) is 20.2 Å². The van der Waals surface area contributed by atoms with E-state index in [-0.39, 0.29) is 10.9 Å². The summed E-state index contributed by atoms with van der Waals surface area (Å²) in [7, 11) is -2.07. The fourth-order valence-electron chi connectivity index (χ4n) is 2.64. The van der Waals surface area contributed by atoms with Crippen LogP contribution in [-0.4, -0.2) is 39.0 Å². The molecule has 1 aliphatic rings. The molecule has 0 radical (unpaired) electrons. The van der Waals surface area contributed by atoms with Crippen molar-refractivity contribution < 1.29 is 13.2 Å². The van der Waals surface area contributed by atoms with Crippen molar-refractivity contribution >= 4 is 10.0 Å². The quantitative estimate of drug-likeness (QED) is 0.914. The molecule has 0 aromatic heterocycles. The highest BCUT2D eigenvalue weighted by molar-refractivity contribution is 7.89. The Bertz CT molecular complexity index is 572. The molecule has 0 spiro atoms. The van der Waals surface area contributed by atoms with Crippen molar-refractivity contribution in [1.82, 2.24) is 4.31 Å². The van der Waals surface area contributed by atoms with E-state index in [2.05, 4.69) is 0 Å². The standard InChI is InChI=1S/C14H22N2O3S/c1-11-6-7-13(19-2)14(9-11)20(17,18)16-8-4-3-5-12(16)10-15/h6-7,9,12H,3-5,8,10,15H2,1-2H3. The number of hydrogen-bond acceptors (Lipinski definition) is 4. The molecule has 1 heterocycles. The van der Waals surface area contributed by atoms with E-state index in [4.69, 9.17) is 10.5 Å². The summed E-state index contributed by atoms with van der Waals surface area (Å²) in [4.78, 5) is 0.236. The zero-order valence-electron chi connectivity index (χ0n) is 12.0. The van der Waals surface area contributed by atoms with E-state index in [9.17, 15) is 8.42 Å². The summed E-state index contributed by atoms with van der Waals surface area (Å²) < 4.78 is 32.5. The molecule has 1 aromatic carbocycles. The Kier molecular flexibility index (Phi) is 4.67. The second kappa shape index (κ2) is 6.11. The van der Waals surface area contributed by atoms with Crippen LogP contribution in [0.4, 0.5) is 0 Å². The van der Waals surface area contributed by atoms with Crippen LogP contribution in [0.25, 0.3) is 0 Å². The van der Waals surface area contributed by atoms with Crippen LogP contribution in [-0.2, 0) is 10.0 Å². The molecule has 2 N–H and O–H groups in total. The van der Waals surface area contributed by atoms with Crippen molar-refractivity contribution in [3.8, 4) is 5.75 Å². The van der Waals surface area contributed by atoms with Crippen LogP contribution >= 0.6 is 0 Å². The Hall–Kier alpha value is -1.11. The van der Waals surface area contributed by atoms with Gasteiger partial charge in [0.2, 0.25) is 10.0 Å². The minimum Gasteiger partial charge on any atom is -0.495 e. The maximum absolute atomic E-state index is 12.9. The summed E-state index contributed by atoms with van der Waals surface area (Å²) in [5.74, 6) is 0.386. The number of rotatable bonds is 4. The Morgan fingerprint density at radius 1 is 1.40 bits per heavy atom. The van der Waals surface area contributed by atoms with E-state index in [1.54, 1.807) is 12.1 Å². The predicted octanol–water partition coefficient (Wildman–Crippen LogP) is 1.51. The smallest absolute Gasteiger partial charge is 0.247 e. The Morgan fingerprint density at radius 3 is 2.80 bits per heavy atom. The van der Waals surface area contributed by atoms with Gasteiger partial charge >= 0.3 is 0 Å².